The SMILES string of the molecule is Nc1ccc(N2CCCCC2)cc1-c1cc(-c2n[nH]nc2Cc2ccccc2)ccn1. The minimum absolute atomic E-state index is 0.719. The van der Waals surface area contributed by atoms with Crippen molar-refractivity contribution in [3.05, 3.63) is 78.1 Å². The molecule has 0 saturated carbocycles. The third-order valence-electron chi connectivity index (χ3n) is 5.90. The van der Waals surface area contributed by atoms with Crippen molar-refractivity contribution in [2.24, 2.45) is 0 Å². The Morgan fingerprint density at radius 1 is 0.903 bits per heavy atom. The van der Waals surface area contributed by atoms with E-state index in [0.29, 0.717) is 0 Å². The predicted molar refractivity (Wildman–Crippen MR) is 125 cm³/mol. The average Bonchev–Trinajstić information content (AvgIpc) is 3.29. The number of nitrogen functional groups attached to an aromatic ring is 1. The van der Waals surface area contributed by atoms with Crippen molar-refractivity contribution in [1.82, 2.24) is 20.4 Å². The molecular formula is C25H26N6. The van der Waals surface area contributed by atoms with Crippen LogP contribution in [0.2, 0.25) is 0 Å². The normalized spacial score (nSPS) is 14.0. The highest BCUT2D eigenvalue weighted by atomic mass is 15.3. The molecular weight excluding hydrogens is 384 g/mol. The number of benzene rings is 2. The molecule has 5 rings (SSSR count). The van der Waals surface area contributed by atoms with Crippen molar-refractivity contribution in [3.63, 3.8) is 0 Å². The van der Waals surface area contributed by atoms with E-state index in [1.165, 1.54) is 30.5 Å². The number of hydrogen-bond donors (Lipinski definition) is 2. The Morgan fingerprint density at radius 2 is 1.74 bits per heavy atom. The van der Waals surface area contributed by atoms with E-state index in [4.69, 9.17) is 5.73 Å². The number of nitrogens with zero attached hydrogens (tertiary/aromatic N) is 4. The molecule has 6 heteroatoms. The van der Waals surface area contributed by atoms with E-state index < -0.39 is 0 Å². The lowest BCUT2D eigenvalue weighted by atomic mass is 10.0. The number of aromatic nitrogens is 4. The first kappa shape index (κ1) is 19.3. The van der Waals surface area contributed by atoms with Gasteiger partial charge in [-0.1, -0.05) is 30.3 Å². The number of rotatable bonds is 5. The van der Waals surface area contributed by atoms with Crippen LogP contribution in [0.1, 0.15) is 30.5 Å². The summed E-state index contributed by atoms with van der Waals surface area (Å²) < 4.78 is 0. The first-order valence-corrected chi connectivity index (χ1v) is 10.8. The number of pyridine rings is 1. The van der Waals surface area contributed by atoms with Gasteiger partial charge in [0.1, 0.15) is 5.69 Å². The highest BCUT2D eigenvalue weighted by Crippen LogP contribution is 2.32. The molecule has 1 aliphatic rings. The summed E-state index contributed by atoms with van der Waals surface area (Å²) in [7, 11) is 0. The van der Waals surface area contributed by atoms with Crippen molar-refractivity contribution in [2.45, 2.75) is 25.7 Å². The maximum Gasteiger partial charge on any atom is 0.116 e. The second kappa shape index (κ2) is 8.60. The summed E-state index contributed by atoms with van der Waals surface area (Å²) in [6, 6.07) is 20.6. The molecule has 4 aromatic rings. The topological polar surface area (TPSA) is 83.7 Å². The Labute approximate surface area is 182 Å². The molecule has 3 heterocycles. The minimum Gasteiger partial charge on any atom is -0.398 e. The van der Waals surface area contributed by atoms with E-state index >= 15 is 0 Å². The van der Waals surface area contributed by atoms with Crippen molar-refractivity contribution in [3.8, 4) is 22.5 Å². The zero-order valence-corrected chi connectivity index (χ0v) is 17.5. The van der Waals surface area contributed by atoms with Crippen LogP contribution in [-0.4, -0.2) is 33.5 Å². The van der Waals surface area contributed by atoms with Gasteiger partial charge in [0.05, 0.1) is 11.4 Å². The molecule has 31 heavy (non-hydrogen) atoms. The van der Waals surface area contributed by atoms with Crippen LogP contribution in [-0.2, 0) is 6.42 Å². The number of nitrogens with two attached hydrogens (primary N) is 1. The number of hydrogen-bond acceptors (Lipinski definition) is 5. The first-order chi connectivity index (χ1) is 15.3. The molecule has 3 N–H and O–H groups in total. The predicted octanol–water partition coefficient (Wildman–Crippen LogP) is 4.70. The van der Waals surface area contributed by atoms with Crippen LogP contribution in [0.4, 0.5) is 11.4 Å². The molecule has 0 bridgehead atoms. The van der Waals surface area contributed by atoms with E-state index in [1.807, 2.05) is 36.5 Å². The summed E-state index contributed by atoms with van der Waals surface area (Å²) in [5.74, 6) is 0. The van der Waals surface area contributed by atoms with Crippen molar-refractivity contribution >= 4 is 11.4 Å². The fourth-order valence-corrected chi connectivity index (χ4v) is 4.24. The molecule has 6 nitrogen and oxygen atoms in total. The fourth-order valence-electron chi connectivity index (χ4n) is 4.24. The molecule has 0 aliphatic carbocycles. The molecule has 0 atom stereocenters. The minimum atomic E-state index is 0.719. The quantitative estimate of drug-likeness (QED) is 0.466. The van der Waals surface area contributed by atoms with Crippen LogP contribution < -0.4 is 10.6 Å². The molecule has 1 fully saturated rings. The largest absolute Gasteiger partial charge is 0.398 e. The third-order valence-corrected chi connectivity index (χ3v) is 5.90. The summed E-state index contributed by atoms with van der Waals surface area (Å²) in [6.07, 6.45) is 6.33. The third kappa shape index (κ3) is 4.14. The number of anilines is 2. The summed E-state index contributed by atoms with van der Waals surface area (Å²) in [5.41, 5.74) is 14.0. The second-order valence-corrected chi connectivity index (χ2v) is 8.03. The molecule has 2 aromatic carbocycles. The Balaban J connectivity index is 1.47. The van der Waals surface area contributed by atoms with Gasteiger partial charge in [-0.3, -0.25) is 4.98 Å². The van der Waals surface area contributed by atoms with Crippen LogP contribution >= 0.6 is 0 Å². The zero-order chi connectivity index (χ0) is 21.0. The second-order valence-electron chi connectivity index (χ2n) is 8.03. The summed E-state index contributed by atoms with van der Waals surface area (Å²) in [6.45, 7) is 2.19. The van der Waals surface area contributed by atoms with E-state index in [2.05, 4.69) is 55.6 Å². The van der Waals surface area contributed by atoms with Crippen molar-refractivity contribution < 1.29 is 0 Å². The standard InChI is InChI=1S/C25H26N6/c26-22-10-9-20(31-13-5-2-6-14-31)17-21(22)23-16-19(11-12-27-23)25-24(28-30-29-25)15-18-7-3-1-4-8-18/h1,3-4,7-12,16-17H,2,5-6,13-15,26H2,(H,28,29,30). The smallest absolute Gasteiger partial charge is 0.116 e. The first-order valence-electron chi connectivity index (χ1n) is 10.8. The number of H-pyrrole nitrogens is 1. The van der Waals surface area contributed by atoms with Crippen LogP contribution in [0.25, 0.3) is 22.5 Å². The maximum atomic E-state index is 6.36. The van der Waals surface area contributed by atoms with Gasteiger partial charge in [-0.25, -0.2) is 0 Å². The van der Waals surface area contributed by atoms with Gasteiger partial charge in [0.25, 0.3) is 0 Å². The van der Waals surface area contributed by atoms with Gasteiger partial charge in [0, 0.05) is 48.2 Å². The van der Waals surface area contributed by atoms with E-state index in [-0.39, 0.29) is 0 Å². The fraction of sp³-hybridized carbons (Fsp3) is 0.240. The molecule has 0 radical (unpaired) electrons. The Morgan fingerprint density at radius 3 is 2.58 bits per heavy atom. The lowest BCUT2D eigenvalue weighted by molar-refractivity contribution is 0.578. The average molecular weight is 411 g/mol. The van der Waals surface area contributed by atoms with Crippen LogP contribution in [0.15, 0.2) is 66.9 Å². The van der Waals surface area contributed by atoms with Gasteiger partial charge in [0.2, 0.25) is 0 Å². The number of nitrogens with one attached hydrogen (secondary N) is 1. The van der Waals surface area contributed by atoms with Gasteiger partial charge < -0.3 is 10.6 Å². The monoisotopic (exact) mass is 410 g/mol. The highest BCUT2D eigenvalue weighted by molar-refractivity contribution is 5.80. The van der Waals surface area contributed by atoms with Gasteiger partial charge in [-0.05, 0) is 55.2 Å². The molecule has 2 aromatic heterocycles. The summed E-state index contributed by atoms with van der Waals surface area (Å²) >= 11 is 0. The number of aromatic amines is 1. The molecule has 0 unspecified atom stereocenters. The van der Waals surface area contributed by atoms with Crippen molar-refractivity contribution in [1.29, 1.82) is 0 Å². The van der Waals surface area contributed by atoms with Crippen LogP contribution in [0, 0.1) is 0 Å². The lowest BCUT2D eigenvalue weighted by Crippen LogP contribution is -2.29. The molecule has 1 saturated heterocycles. The van der Waals surface area contributed by atoms with Crippen LogP contribution in [0.3, 0.4) is 0 Å². The molecule has 1 aliphatic heterocycles. The highest BCUT2D eigenvalue weighted by Gasteiger charge is 2.16. The Kier molecular flexibility index (Phi) is 5.35. The summed E-state index contributed by atoms with van der Waals surface area (Å²) in [4.78, 5) is 7.06. The maximum absolute atomic E-state index is 6.36. The molecule has 0 spiro atoms. The molecule has 0 amide bonds. The van der Waals surface area contributed by atoms with Gasteiger partial charge >= 0.3 is 0 Å². The molecule has 156 valence electrons. The Bertz CT molecular complexity index is 1160. The number of piperidine rings is 1. The van der Waals surface area contributed by atoms with E-state index in [9.17, 15) is 0 Å². The van der Waals surface area contributed by atoms with Gasteiger partial charge in [-0.15, -0.1) is 0 Å². The van der Waals surface area contributed by atoms with Crippen molar-refractivity contribution in [2.75, 3.05) is 23.7 Å². The zero-order valence-electron chi connectivity index (χ0n) is 17.5. The van der Waals surface area contributed by atoms with E-state index in [0.717, 1.165) is 53.4 Å². The van der Waals surface area contributed by atoms with Crippen LogP contribution in [0.5, 0.6) is 0 Å². The Hall–Kier alpha value is -3.67. The summed E-state index contributed by atoms with van der Waals surface area (Å²) in [5, 5.41) is 11.6. The lowest BCUT2D eigenvalue weighted by Gasteiger charge is -2.29. The van der Waals surface area contributed by atoms with Gasteiger partial charge in [-0.2, -0.15) is 15.4 Å². The van der Waals surface area contributed by atoms with Gasteiger partial charge in [0.15, 0.2) is 0 Å². The van der Waals surface area contributed by atoms with E-state index in [1.54, 1.807) is 0 Å².